The Morgan fingerprint density at radius 3 is 2.74 bits per heavy atom. The second-order valence-electron chi connectivity index (χ2n) is 6.64. The number of Topliss-reactive ketones (excluding diaryl/α,β-unsaturated/α-hetero) is 1. The number of carbonyl (C=O) groups is 1. The maximum absolute atomic E-state index is 12.8. The Morgan fingerprint density at radius 1 is 1.22 bits per heavy atom. The number of ketones is 1. The topological polar surface area (TPSA) is 66.2 Å². The summed E-state index contributed by atoms with van der Waals surface area (Å²) in [6.07, 6.45) is 2.39. The maximum Gasteiger partial charge on any atom is 0.226 e. The van der Waals surface area contributed by atoms with Crippen LogP contribution in [0.5, 0.6) is 5.88 Å². The lowest BCUT2D eigenvalue weighted by molar-refractivity contribution is 0.0918. The second kappa shape index (κ2) is 8.19. The number of aromatic nitrogens is 3. The van der Waals surface area contributed by atoms with Crippen molar-refractivity contribution in [2.45, 2.75) is 40.7 Å². The van der Waals surface area contributed by atoms with Crippen LogP contribution in [0.15, 0.2) is 12.4 Å². The molecular formula is C20H25N3O3S. The summed E-state index contributed by atoms with van der Waals surface area (Å²) >= 11 is 1.61. The molecule has 6 nitrogen and oxygen atoms in total. The number of ether oxygens (including phenoxy) is 2. The van der Waals surface area contributed by atoms with Crippen LogP contribution in [0.1, 0.15) is 38.6 Å². The first-order valence-corrected chi connectivity index (χ1v) is 9.78. The van der Waals surface area contributed by atoms with Crippen LogP contribution in [0.4, 0.5) is 0 Å². The predicted molar refractivity (Wildman–Crippen MR) is 107 cm³/mol. The number of thiophene rings is 1. The van der Waals surface area contributed by atoms with E-state index in [1.807, 2.05) is 26.8 Å². The first-order valence-electron chi connectivity index (χ1n) is 8.96. The third-order valence-corrected chi connectivity index (χ3v) is 5.99. The Bertz CT molecular complexity index is 975. The summed E-state index contributed by atoms with van der Waals surface area (Å²) in [5, 5.41) is 0.901. The standard InChI is InChI=1S/C20H25N3O3S/c1-12-9-16(14(3)23(12)7-6-8-25-5)17(24)10-26-19-18-13(2)15(4)27-20(18)22-11-21-19/h9,11H,6-8,10H2,1-5H3. The molecule has 0 unspecified atom stereocenters. The summed E-state index contributed by atoms with van der Waals surface area (Å²) in [5.74, 6) is 0.432. The van der Waals surface area contributed by atoms with Gasteiger partial charge in [0.2, 0.25) is 11.7 Å². The molecular weight excluding hydrogens is 362 g/mol. The molecule has 7 heteroatoms. The SMILES string of the molecule is COCCCn1c(C)cc(C(=O)COc2ncnc3sc(C)c(C)c23)c1C. The van der Waals surface area contributed by atoms with Crippen LogP contribution in [0.2, 0.25) is 0 Å². The van der Waals surface area contributed by atoms with E-state index in [1.54, 1.807) is 18.4 Å². The highest BCUT2D eigenvalue weighted by atomic mass is 32.1. The minimum absolute atomic E-state index is 0.0389. The Balaban J connectivity index is 1.76. The lowest BCUT2D eigenvalue weighted by atomic mass is 10.1. The molecule has 3 heterocycles. The summed E-state index contributed by atoms with van der Waals surface area (Å²) < 4.78 is 13.1. The van der Waals surface area contributed by atoms with Gasteiger partial charge in [-0.1, -0.05) is 0 Å². The molecule has 0 aromatic carbocycles. The number of hydrogen-bond acceptors (Lipinski definition) is 6. The smallest absolute Gasteiger partial charge is 0.226 e. The molecule has 27 heavy (non-hydrogen) atoms. The molecule has 0 saturated carbocycles. The van der Waals surface area contributed by atoms with Crippen LogP contribution < -0.4 is 4.74 Å². The van der Waals surface area contributed by atoms with Gasteiger partial charge in [0.15, 0.2) is 6.61 Å². The molecule has 0 bridgehead atoms. The Morgan fingerprint density at radius 2 is 2.00 bits per heavy atom. The van der Waals surface area contributed by atoms with Crippen molar-refractivity contribution in [2.75, 3.05) is 20.3 Å². The molecule has 0 aliphatic rings. The fourth-order valence-electron chi connectivity index (χ4n) is 3.27. The third kappa shape index (κ3) is 3.89. The van der Waals surface area contributed by atoms with Crippen LogP contribution in [0.25, 0.3) is 10.2 Å². The maximum atomic E-state index is 12.8. The van der Waals surface area contributed by atoms with Crippen molar-refractivity contribution in [2.24, 2.45) is 0 Å². The summed E-state index contributed by atoms with van der Waals surface area (Å²) in [7, 11) is 1.70. The first-order chi connectivity index (χ1) is 12.9. The van der Waals surface area contributed by atoms with E-state index < -0.39 is 0 Å². The molecule has 0 N–H and O–H groups in total. The molecule has 0 fully saturated rings. The van der Waals surface area contributed by atoms with Crippen molar-refractivity contribution >= 4 is 27.3 Å². The lowest BCUT2D eigenvalue weighted by Gasteiger charge is -2.10. The monoisotopic (exact) mass is 387 g/mol. The van der Waals surface area contributed by atoms with E-state index in [1.165, 1.54) is 11.2 Å². The lowest BCUT2D eigenvalue weighted by Crippen LogP contribution is -2.14. The van der Waals surface area contributed by atoms with Gasteiger partial charge in [-0.05, 0) is 45.7 Å². The van der Waals surface area contributed by atoms with E-state index >= 15 is 0 Å². The van der Waals surface area contributed by atoms with E-state index in [9.17, 15) is 4.79 Å². The second-order valence-corrected chi connectivity index (χ2v) is 7.84. The summed E-state index contributed by atoms with van der Waals surface area (Å²) in [5.41, 5.74) is 3.84. The van der Waals surface area contributed by atoms with Gasteiger partial charge in [0, 0.05) is 42.1 Å². The number of aryl methyl sites for hydroxylation is 3. The zero-order chi connectivity index (χ0) is 19.6. The molecule has 0 saturated heterocycles. The highest BCUT2D eigenvalue weighted by molar-refractivity contribution is 7.18. The van der Waals surface area contributed by atoms with E-state index in [2.05, 4.69) is 21.5 Å². The van der Waals surface area contributed by atoms with Crippen molar-refractivity contribution in [1.82, 2.24) is 14.5 Å². The minimum Gasteiger partial charge on any atom is -0.469 e. The summed E-state index contributed by atoms with van der Waals surface area (Å²) in [6.45, 7) is 9.56. The first kappa shape index (κ1) is 19.5. The summed E-state index contributed by atoms with van der Waals surface area (Å²) in [4.78, 5) is 23.4. The van der Waals surface area contributed by atoms with E-state index in [0.29, 0.717) is 18.1 Å². The molecule has 0 aliphatic heterocycles. The van der Waals surface area contributed by atoms with E-state index in [0.717, 1.165) is 40.1 Å². The molecule has 0 aliphatic carbocycles. The largest absolute Gasteiger partial charge is 0.469 e. The number of rotatable bonds is 8. The number of nitrogens with zero attached hydrogens (tertiary/aromatic N) is 3. The Labute approximate surface area is 163 Å². The van der Waals surface area contributed by atoms with Gasteiger partial charge >= 0.3 is 0 Å². The van der Waals surface area contributed by atoms with Crippen molar-refractivity contribution in [3.63, 3.8) is 0 Å². The summed E-state index contributed by atoms with van der Waals surface area (Å²) in [6, 6.07) is 1.93. The molecule has 0 radical (unpaired) electrons. The van der Waals surface area contributed by atoms with Gasteiger partial charge in [-0.3, -0.25) is 4.79 Å². The zero-order valence-electron chi connectivity index (χ0n) is 16.5. The number of hydrogen-bond donors (Lipinski definition) is 0. The minimum atomic E-state index is -0.0440. The number of fused-ring (bicyclic) bond motifs is 1. The van der Waals surface area contributed by atoms with Crippen molar-refractivity contribution < 1.29 is 14.3 Å². The highest BCUT2D eigenvalue weighted by Gasteiger charge is 2.18. The molecule has 144 valence electrons. The quantitative estimate of drug-likeness (QED) is 0.431. The predicted octanol–water partition coefficient (Wildman–Crippen LogP) is 4.02. The van der Waals surface area contributed by atoms with Crippen LogP contribution in [-0.4, -0.2) is 40.6 Å². The van der Waals surface area contributed by atoms with E-state index in [-0.39, 0.29) is 12.4 Å². The average Bonchev–Trinajstić information content (AvgIpc) is 3.10. The van der Waals surface area contributed by atoms with Crippen LogP contribution in [0.3, 0.4) is 0 Å². The van der Waals surface area contributed by atoms with Gasteiger partial charge in [0.25, 0.3) is 0 Å². The van der Waals surface area contributed by atoms with Crippen LogP contribution >= 0.6 is 11.3 Å². The zero-order valence-corrected chi connectivity index (χ0v) is 17.3. The van der Waals surface area contributed by atoms with E-state index in [4.69, 9.17) is 9.47 Å². The molecule has 0 amide bonds. The molecule has 3 aromatic rings. The van der Waals surface area contributed by atoms with Crippen molar-refractivity contribution in [3.8, 4) is 5.88 Å². The average molecular weight is 388 g/mol. The molecule has 0 atom stereocenters. The third-order valence-electron chi connectivity index (χ3n) is 4.87. The molecule has 0 spiro atoms. The van der Waals surface area contributed by atoms with Gasteiger partial charge in [0.1, 0.15) is 11.2 Å². The number of methoxy groups -OCH3 is 1. The Kier molecular flexibility index (Phi) is 5.92. The fraction of sp³-hybridized carbons (Fsp3) is 0.450. The van der Waals surface area contributed by atoms with Crippen molar-refractivity contribution in [3.05, 3.63) is 39.8 Å². The van der Waals surface area contributed by atoms with Gasteiger partial charge in [-0.2, -0.15) is 0 Å². The van der Waals surface area contributed by atoms with Gasteiger partial charge < -0.3 is 14.0 Å². The van der Waals surface area contributed by atoms with Crippen LogP contribution in [0, 0.1) is 27.7 Å². The molecule has 3 rings (SSSR count). The molecule has 3 aromatic heterocycles. The fourth-order valence-corrected chi connectivity index (χ4v) is 4.25. The normalized spacial score (nSPS) is 11.3. The Hall–Kier alpha value is -2.25. The van der Waals surface area contributed by atoms with Crippen molar-refractivity contribution in [1.29, 1.82) is 0 Å². The van der Waals surface area contributed by atoms with Gasteiger partial charge in [0.05, 0.1) is 5.39 Å². The number of carbonyl (C=O) groups excluding carboxylic acids is 1. The highest BCUT2D eigenvalue weighted by Crippen LogP contribution is 2.33. The van der Waals surface area contributed by atoms with Gasteiger partial charge in [-0.25, -0.2) is 9.97 Å². The van der Waals surface area contributed by atoms with Crippen LogP contribution in [-0.2, 0) is 11.3 Å². The van der Waals surface area contributed by atoms with Gasteiger partial charge in [-0.15, -0.1) is 11.3 Å².